The molecule has 0 spiro atoms. The number of hydrogen-bond donors (Lipinski definition) is 2. The smallest absolute Gasteiger partial charge is 0.237 e. The molecule has 4 nitrogen and oxygen atoms in total. The predicted octanol–water partition coefficient (Wildman–Crippen LogP) is 1.64. The number of carbonyl (C=O) groups excluding carboxylic acids is 1. The van der Waals surface area contributed by atoms with Crippen LogP contribution in [0.15, 0.2) is 24.3 Å². The fourth-order valence-corrected chi connectivity index (χ4v) is 1.45. The van der Waals surface area contributed by atoms with Gasteiger partial charge in [-0.15, -0.1) is 12.4 Å². The number of nitrogens with two attached hydrogens (primary N) is 1. The third-order valence-corrected chi connectivity index (χ3v) is 2.38. The van der Waals surface area contributed by atoms with Gasteiger partial charge in [-0.05, 0) is 19.9 Å². The van der Waals surface area contributed by atoms with E-state index < -0.39 is 6.04 Å². The SMILES string of the molecule is COc1ccccc1C(C)NC(=O)[C@@H](C)N.Cl. The van der Waals surface area contributed by atoms with Gasteiger partial charge in [0.15, 0.2) is 0 Å². The highest BCUT2D eigenvalue weighted by molar-refractivity contribution is 5.85. The Morgan fingerprint density at radius 3 is 2.47 bits per heavy atom. The van der Waals surface area contributed by atoms with E-state index in [0.29, 0.717) is 0 Å². The summed E-state index contributed by atoms with van der Waals surface area (Å²) in [7, 11) is 1.61. The number of nitrogens with one attached hydrogen (secondary N) is 1. The molecule has 1 amide bonds. The van der Waals surface area contributed by atoms with Crippen LogP contribution in [0.4, 0.5) is 0 Å². The summed E-state index contributed by atoms with van der Waals surface area (Å²) in [4.78, 5) is 11.4. The van der Waals surface area contributed by atoms with Crippen molar-refractivity contribution in [1.82, 2.24) is 5.32 Å². The van der Waals surface area contributed by atoms with Crippen molar-refractivity contribution in [2.45, 2.75) is 25.9 Å². The molecule has 0 aliphatic rings. The van der Waals surface area contributed by atoms with Crippen molar-refractivity contribution < 1.29 is 9.53 Å². The summed E-state index contributed by atoms with van der Waals surface area (Å²) in [6.07, 6.45) is 0. The molecule has 17 heavy (non-hydrogen) atoms. The van der Waals surface area contributed by atoms with Crippen LogP contribution in [0, 0.1) is 0 Å². The Kier molecular flexibility index (Phi) is 6.61. The van der Waals surface area contributed by atoms with Crippen molar-refractivity contribution in [1.29, 1.82) is 0 Å². The molecule has 0 aliphatic heterocycles. The van der Waals surface area contributed by atoms with Crippen molar-refractivity contribution in [3.8, 4) is 5.75 Å². The Labute approximate surface area is 108 Å². The molecule has 0 bridgehead atoms. The standard InChI is InChI=1S/C12H18N2O2.ClH/c1-8(13)12(15)14-9(2)10-6-4-5-7-11(10)16-3;/h4-9H,13H2,1-3H3,(H,14,15);1H/t8-,9?;/m1./s1. The Balaban J connectivity index is 0.00000256. The molecule has 2 atom stereocenters. The third kappa shape index (κ3) is 4.24. The summed E-state index contributed by atoms with van der Waals surface area (Å²) >= 11 is 0. The molecule has 96 valence electrons. The maximum Gasteiger partial charge on any atom is 0.237 e. The predicted molar refractivity (Wildman–Crippen MR) is 70.4 cm³/mol. The minimum Gasteiger partial charge on any atom is -0.496 e. The largest absolute Gasteiger partial charge is 0.496 e. The van der Waals surface area contributed by atoms with Gasteiger partial charge in [0.25, 0.3) is 0 Å². The lowest BCUT2D eigenvalue weighted by Crippen LogP contribution is -2.39. The van der Waals surface area contributed by atoms with Crippen molar-refractivity contribution in [3.05, 3.63) is 29.8 Å². The van der Waals surface area contributed by atoms with Gasteiger partial charge in [0.1, 0.15) is 5.75 Å². The van der Waals surface area contributed by atoms with Crippen LogP contribution in [0.25, 0.3) is 0 Å². The van der Waals surface area contributed by atoms with Gasteiger partial charge in [-0.25, -0.2) is 0 Å². The first kappa shape index (κ1) is 15.7. The van der Waals surface area contributed by atoms with Crippen LogP contribution in [-0.2, 0) is 4.79 Å². The molecular weight excluding hydrogens is 240 g/mol. The average Bonchev–Trinajstić information content (AvgIpc) is 2.28. The number of hydrogen-bond acceptors (Lipinski definition) is 3. The van der Waals surface area contributed by atoms with Crippen molar-refractivity contribution in [2.24, 2.45) is 5.73 Å². The molecule has 1 rings (SSSR count). The normalized spacial score (nSPS) is 13.2. The summed E-state index contributed by atoms with van der Waals surface area (Å²) in [5.41, 5.74) is 6.43. The lowest BCUT2D eigenvalue weighted by molar-refractivity contribution is -0.122. The van der Waals surface area contributed by atoms with Crippen molar-refractivity contribution in [3.63, 3.8) is 0 Å². The van der Waals surface area contributed by atoms with Gasteiger partial charge in [0.2, 0.25) is 5.91 Å². The molecule has 0 fully saturated rings. The molecule has 0 saturated heterocycles. The van der Waals surface area contributed by atoms with E-state index in [4.69, 9.17) is 10.5 Å². The lowest BCUT2D eigenvalue weighted by atomic mass is 10.1. The van der Waals surface area contributed by atoms with Crippen LogP contribution < -0.4 is 15.8 Å². The van der Waals surface area contributed by atoms with E-state index in [-0.39, 0.29) is 24.4 Å². The minimum absolute atomic E-state index is 0. The molecule has 1 aromatic carbocycles. The van der Waals surface area contributed by atoms with Crippen LogP contribution in [0.5, 0.6) is 5.75 Å². The van der Waals surface area contributed by atoms with E-state index >= 15 is 0 Å². The van der Waals surface area contributed by atoms with E-state index in [2.05, 4.69) is 5.32 Å². The van der Waals surface area contributed by atoms with Crippen LogP contribution in [0.3, 0.4) is 0 Å². The highest BCUT2D eigenvalue weighted by Crippen LogP contribution is 2.24. The summed E-state index contributed by atoms with van der Waals surface area (Å²) < 4.78 is 5.23. The van der Waals surface area contributed by atoms with E-state index in [1.54, 1.807) is 14.0 Å². The quantitative estimate of drug-likeness (QED) is 0.863. The zero-order chi connectivity index (χ0) is 12.1. The zero-order valence-corrected chi connectivity index (χ0v) is 11.1. The summed E-state index contributed by atoms with van der Waals surface area (Å²) in [6, 6.07) is 6.97. The maximum absolute atomic E-state index is 11.4. The number of halogens is 1. The Morgan fingerprint density at radius 2 is 1.94 bits per heavy atom. The number of benzene rings is 1. The number of rotatable bonds is 4. The second-order valence-corrected chi connectivity index (χ2v) is 3.76. The average molecular weight is 259 g/mol. The Hall–Kier alpha value is -1.26. The molecule has 3 N–H and O–H groups in total. The molecule has 5 heteroatoms. The highest BCUT2D eigenvalue weighted by Gasteiger charge is 2.15. The van der Waals surface area contributed by atoms with Gasteiger partial charge in [-0.3, -0.25) is 4.79 Å². The topological polar surface area (TPSA) is 64.3 Å². The monoisotopic (exact) mass is 258 g/mol. The first-order chi connectivity index (χ1) is 7.56. The molecular formula is C12H19ClN2O2. The number of carbonyl (C=O) groups is 1. The Morgan fingerprint density at radius 1 is 1.35 bits per heavy atom. The molecule has 0 radical (unpaired) electrons. The number of para-hydroxylation sites is 1. The van der Waals surface area contributed by atoms with Crippen LogP contribution >= 0.6 is 12.4 Å². The second kappa shape index (κ2) is 7.14. The molecule has 1 unspecified atom stereocenters. The summed E-state index contributed by atoms with van der Waals surface area (Å²) in [5.74, 6) is 0.596. The van der Waals surface area contributed by atoms with Gasteiger partial charge >= 0.3 is 0 Å². The molecule has 0 heterocycles. The summed E-state index contributed by atoms with van der Waals surface area (Å²) in [5, 5.41) is 2.83. The van der Waals surface area contributed by atoms with Gasteiger partial charge in [-0.1, -0.05) is 18.2 Å². The number of amides is 1. The number of methoxy groups -OCH3 is 1. The highest BCUT2D eigenvalue weighted by atomic mass is 35.5. The van der Waals surface area contributed by atoms with Crippen molar-refractivity contribution in [2.75, 3.05) is 7.11 Å². The molecule has 0 aromatic heterocycles. The van der Waals surface area contributed by atoms with Crippen LogP contribution in [0.1, 0.15) is 25.5 Å². The first-order valence-electron chi connectivity index (χ1n) is 5.25. The number of ether oxygens (including phenoxy) is 1. The minimum atomic E-state index is -0.503. The summed E-state index contributed by atoms with van der Waals surface area (Å²) in [6.45, 7) is 3.56. The van der Waals surface area contributed by atoms with Crippen LogP contribution in [-0.4, -0.2) is 19.1 Å². The molecule has 0 aliphatic carbocycles. The van der Waals surface area contributed by atoms with Crippen molar-refractivity contribution >= 4 is 18.3 Å². The van der Waals surface area contributed by atoms with Gasteiger partial charge in [0.05, 0.1) is 19.2 Å². The maximum atomic E-state index is 11.4. The fraction of sp³-hybridized carbons (Fsp3) is 0.417. The van der Waals surface area contributed by atoms with E-state index in [1.807, 2.05) is 31.2 Å². The van der Waals surface area contributed by atoms with E-state index in [0.717, 1.165) is 11.3 Å². The van der Waals surface area contributed by atoms with Gasteiger partial charge < -0.3 is 15.8 Å². The molecule has 1 aromatic rings. The lowest BCUT2D eigenvalue weighted by Gasteiger charge is -2.18. The Bertz CT molecular complexity index is 369. The first-order valence-corrected chi connectivity index (χ1v) is 5.25. The van der Waals surface area contributed by atoms with E-state index in [1.165, 1.54) is 0 Å². The van der Waals surface area contributed by atoms with Gasteiger partial charge in [0, 0.05) is 5.56 Å². The van der Waals surface area contributed by atoms with E-state index in [9.17, 15) is 4.79 Å². The van der Waals surface area contributed by atoms with Crippen LogP contribution in [0.2, 0.25) is 0 Å². The second-order valence-electron chi connectivity index (χ2n) is 3.76. The van der Waals surface area contributed by atoms with Gasteiger partial charge in [-0.2, -0.15) is 0 Å². The molecule has 0 saturated carbocycles. The third-order valence-electron chi connectivity index (χ3n) is 2.38. The fourth-order valence-electron chi connectivity index (χ4n) is 1.45. The zero-order valence-electron chi connectivity index (χ0n) is 10.3.